The number of tetrazole rings is 1. The van der Waals surface area contributed by atoms with Crippen LogP contribution in [-0.2, 0) is 0 Å². The molecule has 2 aromatic heterocycles. The molecule has 0 aliphatic heterocycles. The summed E-state index contributed by atoms with van der Waals surface area (Å²) in [5.74, 6) is 0.772. The molecule has 0 fully saturated rings. The fraction of sp³-hybridized carbons (Fsp3) is 0.0588. The molecule has 0 spiro atoms. The number of nitrogens with zero attached hydrogens (tertiary/aromatic N) is 4. The smallest absolute Gasteiger partial charge is 0.337 e. The van der Waals surface area contributed by atoms with Crippen LogP contribution in [0.25, 0.3) is 27.6 Å². The van der Waals surface area contributed by atoms with Gasteiger partial charge in [-0.05, 0) is 30.7 Å². The summed E-state index contributed by atoms with van der Waals surface area (Å²) in [6.07, 6.45) is 1.82. The Morgan fingerprint density at radius 1 is 1.04 bits per heavy atom. The summed E-state index contributed by atoms with van der Waals surface area (Å²) in [7, 11) is 0. The molecule has 0 unspecified atom stereocenters. The first-order valence-corrected chi connectivity index (χ1v) is 8.11. The van der Waals surface area contributed by atoms with Crippen molar-refractivity contribution in [1.82, 2.24) is 20.5 Å². The van der Waals surface area contributed by atoms with Crippen LogP contribution < -0.4 is 21.7 Å². The average molecular weight is 400 g/mol. The Balaban J connectivity index is 0.00000169. The van der Waals surface area contributed by atoms with Crippen LogP contribution >= 0.6 is 11.3 Å². The van der Waals surface area contributed by atoms with E-state index in [-0.39, 0.29) is 17.0 Å². The second-order valence-electron chi connectivity index (χ2n) is 5.13. The number of hydrogen-bond donors (Lipinski definition) is 1. The summed E-state index contributed by atoms with van der Waals surface area (Å²) in [4.78, 5) is 4.47. The third-order valence-corrected chi connectivity index (χ3v) is 4.46. The van der Waals surface area contributed by atoms with Gasteiger partial charge in [-0.15, -0.1) is 16.0 Å². The Bertz CT molecular complexity index is 935. The molecule has 7 heteroatoms. The normalized spacial score (nSPS) is 10.4. The molecule has 1 N–H and O–H groups in total. The lowest BCUT2D eigenvalue weighted by atomic mass is 10.1. The van der Waals surface area contributed by atoms with E-state index in [9.17, 15) is 0 Å². The van der Waals surface area contributed by atoms with Gasteiger partial charge >= 0.3 is 5.82 Å². The molecular formula is C17H14BrN5S. The number of aromatic amines is 1. The third kappa shape index (κ3) is 2.88. The Kier molecular flexibility index (Phi) is 4.82. The van der Waals surface area contributed by atoms with Gasteiger partial charge < -0.3 is 17.0 Å². The SMILES string of the molecule is Cc1cccc(-[n+]2[nH]nnc2-c2ccccc2)c1-c1nccs1.[Br-]. The lowest BCUT2D eigenvalue weighted by Gasteiger charge is -2.08. The van der Waals surface area contributed by atoms with Crippen LogP contribution in [0.1, 0.15) is 5.56 Å². The van der Waals surface area contributed by atoms with Crippen molar-refractivity contribution < 1.29 is 21.7 Å². The predicted molar refractivity (Wildman–Crippen MR) is 89.2 cm³/mol. The van der Waals surface area contributed by atoms with Gasteiger partial charge in [0.1, 0.15) is 15.8 Å². The highest BCUT2D eigenvalue weighted by Gasteiger charge is 2.23. The van der Waals surface area contributed by atoms with Gasteiger partial charge in [0.25, 0.3) is 0 Å². The van der Waals surface area contributed by atoms with Gasteiger partial charge in [0.05, 0.1) is 11.1 Å². The van der Waals surface area contributed by atoms with Crippen LogP contribution in [0.5, 0.6) is 0 Å². The van der Waals surface area contributed by atoms with Gasteiger partial charge in [-0.1, -0.05) is 35.5 Å². The predicted octanol–water partition coefficient (Wildman–Crippen LogP) is 0.184. The van der Waals surface area contributed by atoms with Crippen LogP contribution in [0.2, 0.25) is 0 Å². The second kappa shape index (κ2) is 7.02. The molecule has 0 amide bonds. The fourth-order valence-corrected chi connectivity index (χ4v) is 3.37. The largest absolute Gasteiger partial charge is 1.00 e. The highest BCUT2D eigenvalue weighted by Crippen LogP contribution is 2.29. The lowest BCUT2D eigenvalue weighted by Crippen LogP contribution is -3.00. The van der Waals surface area contributed by atoms with Crippen molar-refractivity contribution in [2.24, 2.45) is 0 Å². The molecule has 0 aliphatic carbocycles. The molecule has 4 rings (SSSR count). The Morgan fingerprint density at radius 2 is 1.88 bits per heavy atom. The molecule has 120 valence electrons. The van der Waals surface area contributed by atoms with Crippen LogP contribution in [0.15, 0.2) is 60.1 Å². The summed E-state index contributed by atoms with van der Waals surface area (Å²) in [6, 6.07) is 16.2. The summed E-state index contributed by atoms with van der Waals surface area (Å²) in [5, 5.41) is 14.2. The topological polar surface area (TPSA) is 58.3 Å². The van der Waals surface area contributed by atoms with Gasteiger partial charge in [-0.2, -0.15) is 0 Å². The molecule has 0 saturated heterocycles. The molecule has 2 aromatic carbocycles. The van der Waals surface area contributed by atoms with Crippen LogP contribution in [0.3, 0.4) is 0 Å². The molecule has 0 atom stereocenters. The zero-order valence-electron chi connectivity index (χ0n) is 12.8. The molecule has 0 saturated carbocycles. The monoisotopic (exact) mass is 399 g/mol. The van der Waals surface area contributed by atoms with Gasteiger partial charge in [-0.3, -0.25) is 0 Å². The highest BCUT2D eigenvalue weighted by molar-refractivity contribution is 7.13. The van der Waals surface area contributed by atoms with Gasteiger partial charge in [0, 0.05) is 11.6 Å². The maximum atomic E-state index is 4.47. The van der Waals surface area contributed by atoms with E-state index < -0.39 is 0 Å². The van der Waals surface area contributed by atoms with E-state index in [1.807, 2.05) is 52.7 Å². The first-order chi connectivity index (χ1) is 11.3. The maximum absolute atomic E-state index is 4.47. The number of aryl methyl sites for hydroxylation is 1. The van der Waals surface area contributed by atoms with E-state index in [1.54, 1.807) is 11.3 Å². The Hall–Kier alpha value is -2.38. The highest BCUT2D eigenvalue weighted by atomic mass is 79.9. The quantitative estimate of drug-likeness (QED) is 0.500. The lowest BCUT2D eigenvalue weighted by molar-refractivity contribution is -0.649. The van der Waals surface area contributed by atoms with E-state index in [1.165, 1.54) is 5.56 Å². The molecule has 0 bridgehead atoms. The number of thiazole rings is 1. The first-order valence-electron chi connectivity index (χ1n) is 7.23. The number of H-pyrrole nitrogens is 1. The van der Waals surface area contributed by atoms with E-state index in [0.29, 0.717) is 0 Å². The fourth-order valence-electron chi connectivity index (χ4n) is 2.61. The van der Waals surface area contributed by atoms with E-state index in [0.717, 1.165) is 27.6 Å². The molecule has 24 heavy (non-hydrogen) atoms. The van der Waals surface area contributed by atoms with Crippen molar-refractivity contribution in [3.05, 3.63) is 65.7 Å². The van der Waals surface area contributed by atoms with Crippen LogP contribution in [-0.4, -0.2) is 20.5 Å². The van der Waals surface area contributed by atoms with Crippen molar-refractivity contribution in [3.8, 4) is 27.6 Å². The summed E-state index contributed by atoms with van der Waals surface area (Å²) >= 11 is 1.62. The van der Waals surface area contributed by atoms with E-state index in [4.69, 9.17) is 0 Å². The summed E-state index contributed by atoms with van der Waals surface area (Å²) in [6.45, 7) is 2.09. The molecular weight excluding hydrogens is 386 g/mol. The minimum absolute atomic E-state index is 0. The van der Waals surface area contributed by atoms with E-state index >= 15 is 0 Å². The van der Waals surface area contributed by atoms with Gasteiger partial charge in [0.2, 0.25) is 0 Å². The third-order valence-electron chi connectivity index (χ3n) is 3.67. The van der Waals surface area contributed by atoms with Crippen molar-refractivity contribution >= 4 is 11.3 Å². The number of rotatable bonds is 3. The minimum Gasteiger partial charge on any atom is -1.00 e. The van der Waals surface area contributed by atoms with Gasteiger partial charge in [-0.25, -0.2) is 4.98 Å². The number of halogens is 1. The number of benzene rings is 2. The van der Waals surface area contributed by atoms with Gasteiger partial charge in [0.15, 0.2) is 5.21 Å². The van der Waals surface area contributed by atoms with Crippen molar-refractivity contribution in [3.63, 3.8) is 0 Å². The minimum atomic E-state index is 0. The molecule has 5 nitrogen and oxygen atoms in total. The van der Waals surface area contributed by atoms with E-state index in [2.05, 4.69) is 39.6 Å². The zero-order chi connectivity index (χ0) is 15.6. The van der Waals surface area contributed by atoms with Crippen LogP contribution in [0, 0.1) is 6.92 Å². The Labute approximate surface area is 153 Å². The average Bonchev–Trinajstić information content (AvgIpc) is 3.27. The number of hydrogen-bond acceptors (Lipinski definition) is 4. The maximum Gasteiger partial charge on any atom is 0.337 e. The number of aromatic nitrogens is 5. The van der Waals surface area contributed by atoms with Crippen molar-refractivity contribution in [2.45, 2.75) is 6.92 Å². The summed E-state index contributed by atoms with van der Waals surface area (Å²) < 4.78 is 1.90. The molecule has 0 aliphatic rings. The van der Waals surface area contributed by atoms with Crippen LogP contribution in [0.4, 0.5) is 0 Å². The number of nitrogens with one attached hydrogen (secondary N) is 1. The van der Waals surface area contributed by atoms with Crippen molar-refractivity contribution in [2.75, 3.05) is 0 Å². The second-order valence-corrected chi connectivity index (χ2v) is 6.03. The summed E-state index contributed by atoms with van der Waals surface area (Å²) in [5.41, 5.74) is 4.26. The molecule has 2 heterocycles. The van der Waals surface area contributed by atoms with Crippen molar-refractivity contribution in [1.29, 1.82) is 0 Å². The standard InChI is InChI=1S/C17H13N5S.BrH/c1-12-6-5-9-14(15(12)17-18-10-11-23-17)22-16(19-20-21-22)13-7-3-2-4-8-13;/h2-11H,1H3;1H. The molecule has 0 radical (unpaired) electrons. The Morgan fingerprint density at radius 3 is 2.62 bits per heavy atom. The first kappa shape index (κ1) is 16.5. The molecule has 4 aromatic rings. The zero-order valence-corrected chi connectivity index (χ0v) is 15.3.